The highest BCUT2D eigenvalue weighted by atomic mass is 35.5. The summed E-state index contributed by atoms with van der Waals surface area (Å²) in [5.41, 5.74) is 2.66. The number of carbonyl (C=O) groups excluding carboxylic acids is 2. The Kier molecular flexibility index (Phi) is 5.50. The van der Waals surface area contributed by atoms with Crippen LogP contribution in [-0.4, -0.2) is 18.7 Å². The molecule has 2 aromatic rings. The third kappa shape index (κ3) is 3.85. The van der Waals surface area contributed by atoms with Crippen LogP contribution in [0.4, 0.5) is 5.00 Å². The largest absolute Gasteiger partial charge is 0.467 e. The molecule has 1 aromatic carbocycles. The Labute approximate surface area is 160 Å². The van der Waals surface area contributed by atoms with Gasteiger partial charge in [-0.15, -0.1) is 11.3 Å². The summed E-state index contributed by atoms with van der Waals surface area (Å²) in [7, 11) is 0. The second kappa shape index (κ2) is 7.65. The molecule has 1 N–H and O–H groups in total. The van der Waals surface area contributed by atoms with Crippen LogP contribution >= 0.6 is 22.9 Å². The number of esters is 1. The van der Waals surface area contributed by atoms with E-state index in [9.17, 15) is 9.59 Å². The van der Waals surface area contributed by atoms with Crippen LogP contribution in [0.15, 0.2) is 12.1 Å². The van der Waals surface area contributed by atoms with Gasteiger partial charge in [-0.1, -0.05) is 11.6 Å². The number of fused-ring (bicyclic) bond motifs is 1. The molecular weight excluding hydrogens is 378 g/mol. The van der Waals surface area contributed by atoms with E-state index in [-0.39, 0.29) is 19.3 Å². The minimum absolute atomic E-state index is 0.00950. The highest BCUT2D eigenvalue weighted by Crippen LogP contribution is 2.35. The van der Waals surface area contributed by atoms with E-state index in [4.69, 9.17) is 25.8 Å². The molecule has 2 heterocycles. The maximum Gasteiger partial charge on any atom is 0.341 e. The van der Waals surface area contributed by atoms with Crippen LogP contribution < -0.4 is 10.1 Å². The SMILES string of the molecule is CC(=O)Nc1sc(C)c(C)c1C(=O)OCc1cc(Cl)cc2c1OCOC2. The third-order valence-corrected chi connectivity index (χ3v) is 5.33. The van der Waals surface area contributed by atoms with E-state index in [1.807, 2.05) is 13.8 Å². The summed E-state index contributed by atoms with van der Waals surface area (Å²) < 4.78 is 16.3. The van der Waals surface area contributed by atoms with Gasteiger partial charge in [-0.3, -0.25) is 4.79 Å². The molecule has 1 amide bonds. The molecule has 0 spiro atoms. The van der Waals surface area contributed by atoms with Gasteiger partial charge in [0.25, 0.3) is 0 Å². The van der Waals surface area contributed by atoms with Gasteiger partial charge in [-0.25, -0.2) is 4.79 Å². The first-order valence-corrected chi connectivity index (χ1v) is 9.12. The van der Waals surface area contributed by atoms with E-state index in [1.54, 1.807) is 12.1 Å². The van der Waals surface area contributed by atoms with E-state index >= 15 is 0 Å². The van der Waals surface area contributed by atoms with Crippen molar-refractivity contribution in [1.82, 2.24) is 0 Å². The van der Waals surface area contributed by atoms with E-state index in [0.717, 1.165) is 16.0 Å². The quantitative estimate of drug-likeness (QED) is 0.785. The minimum atomic E-state index is -0.503. The van der Waals surface area contributed by atoms with Crippen molar-refractivity contribution in [2.45, 2.75) is 34.0 Å². The topological polar surface area (TPSA) is 73.9 Å². The highest BCUT2D eigenvalue weighted by Gasteiger charge is 2.23. The molecule has 1 aromatic heterocycles. The zero-order valence-electron chi connectivity index (χ0n) is 14.6. The predicted octanol–water partition coefficient (Wildman–Crippen LogP) is 4.20. The van der Waals surface area contributed by atoms with Crippen molar-refractivity contribution in [3.8, 4) is 5.75 Å². The third-order valence-electron chi connectivity index (χ3n) is 3.99. The zero-order valence-corrected chi connectivity index (χ0v) is 16.2. The fourth-order valence-electron chi connectivity index (χ4n) is 2.70. The lowest BCUT2D eigenvalue weighted by Gasteiger charge is -2.21. The van der Waals surface area contributed by atoms with Gasteiger partial charge in [0, 0.05) is 28.0 Å². The van der Waals surface area contributed by atoms with Crippen LogP contribution in [0, 0.1) is 13.8 Å². The molecule has 0 saturated heterocycles. The molecule has 138 valence electrons. The number of nitrogens with one attached hydrogen (secondary N) is 1. The Bertz CT molecular complexity index is 877. The first-order chi connectivity index (χ1) is 12.4. The Hall–Kier alpha value is -2.09. The van der Waals surface area contributed by atoms with Crippen molar-refractivity contribution < 1.29 is 23.8 Å². The minimum Gasteiger partial charge on any atom is -0.467 e. The summed E-state index contributed by atoms with van der Waals surface area (Å²) in [5.74, 6) is -0.109. The number of anilines is 1. The summed E-state index contributed by atoms with van der Waals surface area (Å²) in [6.45, 7) is 5.67. The molecular formula is C18H18ClNO5S. The molecule has 1 aliphatic heterocycles. The monoisotopic (exact) mass is 395 g/mol. The number of ether oxygens (including phenoxy) is 3. The zero-order chi connectivity index (χ0) is 18.8. The number of thiophene rings is 1. The summed E-state index contributed by atoms with van der Waals surface area (Å²) in [5, 5.41) is 3.70. The first-order valence-electron chi connectivity index (χ1n) is 7.93. The van der Waals surface area contributed by atoms with E-state index in [1.165, 1.54) is 18.3 Å². The maximum absolute atomic E-state index is 12.6. The molecule has 0 radical (unpaired) electrons. The van der Waals surface area contributed by atoms with Crippen LogP contribution in [0.2, 0.25) is 5.02 Å². The molecule has 0 saturated carbocycles. The number of carbonyl (C=O) groups is 2. The van der Waals surface area contributed by atoms with Gasteiger partial charge >= 0.3 is 5.97 Å². The fraction of sp³-hybridized carbons (Fsp3) is 0.333. The van der Waals surface area contributed by atoms with Crippen LogP contribution in [0.25, 0.3) is 0 Å². The molecule has 8 heteroatoms. The van der Waals surface area contributed by atoms with Gasteiger partial charge in [-0.05, 0) is 31.5 Å². The van der Waals surface area contributed by atoms with Gasteiger partial charge in [0.2, 0.25) is 5.91 Å². The molecule has 26 heavy (non-hydrogen) atoms. The molecule has 0 atom stereocenters. The fourth-order valence-corrected chi connectivity index (χ4v) is 4.06. The van der Waals surface area contributed by atoms with Gasteiger partial charge in [0.1, 0.15) is 17.4 Å². The van der Waals surface area contributed by atoms with Gasteiger partial charge in [0.15, 0.2) is 6.79 Å². The number of rotatable bonds is 4. The van der Waals surface area contributed by atoms with E-state index < -0.39 is 5.97 Å². The van der Waals surface area contributed by atoms with Crippen molar-refractivity contribution in [3.05, 3.63) is 44.3 Å². The molecule has 1 aliphatic rings. The molecule has 0 unspecified atom stereocenters. The normalized spacial score (nSPS) is 12.9. The maximum atomic E-state index is 12.6. The summed E-state index contributed by atoms with van der Waals surface area (Å²) >= 11 is 7.48. The molecule has 0 aliphatic carbocycles. The molecule has 0 bridgehead atoms. The lowest BCUT2D eigenvalue weighted by atomic mass is 10.1. The molecule has 0 fully saturated rings. The Morgan fingerprint density at radius 3 is 2.85 bits per heavy atom. The van der Waals surface area contributed by atoms with E-state index in [0.29, 0.717) is 33.5 Å². The van der Waals surface area contributed by atoms with Gasteiger partial charge < -0.3 is 19.5 Å². The number of hydrogen-bond donors (Lipinski definition) is 1. The van der Waals surface area contributed by atoms with Crippen LogP contribution in [0.1, 0.15) is 38.8 Å². The van der Waals surface area contributed by atoms with E-state index in [2.05, 4.69) is 5.32 Å². The number of halogens is 1. The van der Waals surface area contributed by atoms with Crippen molar-refractivity contribution in [2.24, 2.45) is 0 Å². The summed E-state index contributed by atoms with van der Waals surface area (Å²) in [4.78, 5) is 25.0. The number of aryl methyl sites for hydroxylation is 1. The second-order valence-electron chi connectivity index (χ2n) is 5.91. The average Bonchev–Trinajstić information content (AvgIpc) is 2.85. The lowest BCUT2D eigenvalue weighted by Crippen LogP contribution is -2.15. The highest BCUT2D eigenvalue weighted by molar-refractivity contribution is 7.16. The van der Waals surface area contributed by atoms with Crippen LogP contribution in [-0.2, 0) is 27.5 Å². The van der Waals surface area contributed by atoms with Crippen molar-refractivity contribution >= 4 is 39.8 Å². The first kappa shape index (κ1) is 18.7. The Morgan fingerprint density at radius 1 is 1.35 bits per heavy atom. The van der Waals surface area contributed by atoms with Crippen molar-refractivity contribution in [2.75, 3.05) is 12.1 Å². The predicted molar refractivity (Wildman–Crippen MR) is 99.0 cm³/mol. The Balaban J connectivity index is 1.82. The number of hydrogen-bond acceptors (Lipinski definition) is 6. The van der Waals surface area contributed by atoms with Gasteiger partial charge in [-0.2, -0.15) is 0 Å². The number of amides is 1. The molecule has 3 rings (SSSR count). The van der Waals surface area contributed by atoms with Crippen LogP contribution in [0.3, 0.4) is 0 Å². The Morgan fingerprint density at radius 2 is 2.12 bits per heavy atom. The number of benzene rings is 1. The summed E-state index contributed by atoms with van der Waals surface area (Å²) in [6.07, 6.45) is 0. The summed E-state index contributed by atoms with van der Waals surface area (Å²) in [6, 6.07) is 3.47. The standard InChI is InChI=1S/C18H18ClNO5S/c1-9-10(2)26-17(20-11(3)21)15(9)18(22)24-7-13-5-14(19)4-12-6-23-8-25-16(12)13/h4-5H,6-8H2,1-3H3,(H,20,21). The second-order valence-corrected chi connectivity index (χ2v) is 7.57. The van der Waals surface area contributed by atoms with Gasteiger partial charge in [0.05, 0.1) is 12.2 Å². The van der Waals surface area contributed by atoms with Crippen molar-refractivity contribution in [1.29, 1.82) is 0 Å². The lowest BCUT2D eigenvalue weighted by molar-refractivity contribution is -0.114. The van der Waals surface area contributed by atoms with Crippen LogP contribution in [0.5, 0.6) is 5.75 Å². The smallest absolute Gasteiger partial charge is 0.341 e. The average molecular weight is 396 g/mol. The molecule has 6 nitrogen and oxygen atoms in total. The van der Waals surface area contributed by atoms with Crippen molar-refractivity contribution in [3.63, 3.8) is 0 Å².